The van der Waals surface area contributed by atoms with Crippen molar-refractivity contribution in [3.8, 4) is 0 Å². The topological polar surface area (TPSA) is 44.4 Å². The molecule has 2 fully saturated rings. The maximum atomic E-state index is 12.6. The van der Waals surface area contributed by atoms with E-state index >= 15 is 0 Å². The second kappa shape index (κ2) is 7.10. The summed E-state index contributed by atoms with van der Waals surface area (Å²) in [7, 11) is 0. The molecule has 4 heteroatoms. The summed E-state index contributed by atoms with van der Waals surface area (Å²) in [5.41, 5.74) is -0.109. The molecule has 0 aromatic heterocycles. The summed E-state index contributed by atoms with van der Waals surface area (Å²) in [5, 5.41) is 6.85. The quantitative estimate of drug-likeness (QED) is 0.818. The highest BCUT2D eigenvalue weighted by Gasteiger charge is 2.36. The van der Waals surface area contributed by atoms with E-state index < -0.39 is 0 Å². The lowest BCUT2D eigenvalue weighted by atomic mass is 9.92. The van der Waals surface area contributed by atoms with Crippen molar-refractivity contribution in [2.75, 3.05) is 13.1 Å². The van der Waals surface area contributed by atoms with Crippen molar-refractivity contribution in [1.29, 1.82) is 0 Å². The molecule has 0 radical (unpaired) electrons. The molecule has 3 unspecified atom stereocenters. The van der Waals surface area contributed by atoms with E-state index in [9.17, 15) is 4.79 Å². The largest absolute Gasteiger partial charge is 0.350 e. The van der Waals surface area contributed by atoms with Gasteiger partial charge in [0.05, 0.1) is 6.04 Å². The fourth-order valence-electron chi connectivity index (χ4n) is 3.61. The molecule has 0 aromatic rings. The molecule has 0 spiro atoms. The number of amides is 1. The van der Waals surface area contributed by atoms with Crippen molar-refractivity contribution in [3.63, 3.8) is 0 Å². The van der Waals surface area contributed by atoms with Crippen LogP contribution >= 0.6 is 0 Å². The lowest BCUT2D eigenvalue weighted by Crippen LogP contribution is -2.59. The monoisotopic (exact) mass is 295 g/mol. The van der Waals surface area contributed by atoms with Crippen molar-refractivity contribution >= 4 is 5.91 Å². The highest BCUT2D eigenvalue weighted by molar-refractivity contribution is 5.82. The highest BCUT2D eigenvalue weighted by atomic mass is 16.2. The number of hydrogen-bond donors (Lipinski definition) is 2. The Labute approximate surface area is 130 Å². The van der Waals surface area contributed by atoms with Crippen LogP contribution in [0.4, 0.5) is 0 Å². The highest BCUT2D eigenvalue weighted by Crippen LogP contribution is 2.26. The van der Waals surface area contributed by atoms with Gasteiger partial charge in [-0.15, -0.1) is 0 Å². The number of carbonyl (C=O) groups excluding carboxylic acids is 1. The number of likely N-dealkylation sites (tertiary alicyclic amines) is 1. The van der Waals surface area contributed by atoms with Gasteiger partial charge < -0.3 is 10.6 Å². The molecule has 2 heterocycles. The molecular weight excluding hydrogens is 262 g/mol. The van der Waals surface area contributed by atoms with E-state index in [1.54, 1.807) is 0 Å². The summed E-state index contributed by atoms with van der Waals surface area (Å²) in [6.45, 7) is 10.6. The minimum absolute atomic E-state index is 0.0245. The molecule has 1 amide bonds. The minimum Gasteiger partial charge on any atom is -0.350 e. The molecule has 0 aliphatic carbocycles. The van der Waals surface area contributed by atoms with Gasteiger partial charge in [0.2, 0.25) is 5.91 Å². The van der Waals surface area contributed by atoms with E-state index in [0.717, 1.165) is 19.5 Å². The molecule has 2 saturated heterocycles. The number of carbonyl (C=O) groups is 1. The lowest BCUT2D eigenvalue weighted by molar-refractivity contribution is -0.129. The number of rotatable bonds is 5. The van der Waals surface area contributed by atoms with Gasteiger partial charge in [-0.1, -0.05) is 13.3 Å². The molecule has 21 heavy (non-hydrogen) atoms. The van der Waals surface area contributed by atoms with Crippen LogP contribution in [-0.2, 0) is 4.79 Å². The number of hydrogen-bond acceptors (Lipinski definition) is 3. The second-order valence-corrected chi connectivity index (χ2v) is 7.41. The Morgan fingerprint density at radius 1 is 1.33 bits per heavy atom. The van der Waals surface area contributed by atoms with Gasteiger partial charge in [0.15, 0.2) is 0 Å². The third-order valence-electron chi connectivity index (χ3n) is 5.38. The molecule has 2 aliphatic rings. The summed E-state index contributed by atoms with van der Waals surface area (Å²) >= 11 is 0. The Balaban J connectivity index is 2.00. The zero-order valence-corrected chi connectivity index (χ0v) is 14.2. The van der Waals surface area contributed by atoms with Crippen LogP contribution in [0.1, 0.15) is 66.2 Å². The minimum atomic E-state index is -0.109. The summed E-state index contributed by atoms with van der Waals surface area (Å²) in [4.78, 5) is 15.1. The predicted molar refractivity (Wildman–Crippen MR) is 87.3 cm³/mol. The van der Waals surface area contributed by atoms with Crippen LogP contribution in [-0.4, -0.2) is 47.6 Å². The van der Waals surface area contributed by atoms with Crippen molar-refractivity contribution in [3.05, 3.63) is 0 Å². The van der Waals surface area contributed by atoms with Crippen molar-refractivity contribution in [2.45, 2.75) is 89.9 Å². The SMILES string of the molecule is CCC(C)(C)NC(=O)C(C)N1CCCCC1C1CCCN1. The average molecular weight is 295 g/mol. The van der Waals surface area contributed by atoms with E-state index in [1.807, 2.05) is 0 Å². The van der Waals surface area contributed by atoms with Gasteiger partial charge in [-0.05, 0) is 66.0 Å². The van der Waals surface area contributed by atoms with Gasteiger partial charge in [-0.2, -0.15) is 0 Å². The Morgan fingerprint density at radius 2 is 2.10 bits per heavy atom. The maximum Gasteiger partial charge on any atom is 0.237 e. The Bertz CT molecular complexity index is 350. The van der Waals surface area contributed by atoms with Crippen LogP contribution in [0.3, 0.4) is 0 Å². The van der Waals surface area contributed by atoms with Crippen LogP contribution in [0.25, 0.3) is 0 Å². The van der Waals surface area contributed by atoms with E-state index in [0.29, 0.717) is 12.1 Å². The Hall–Kier alpha value is -0.610. The van der Waals surface area contributed by atoms with Gasteiger partial charge in [0.25, 0.3) is 0 Å². The van der Waals surface area contributed by atoms with Crippen LogP contribution < -0.4 is 10.6 Å². The van der Waals surface area contributed by atoms with Gasteiger partial charge in [0, 0.05) is 17.6 Å². The van der Waals surface area contributed by atoms with Gasteiger partial charge >= 0.3 is 0 Å². The van der Waals surface area contributed by atoms with Gasteiger partial charge in [0.1, 0.15) is 0 Å². The van der Waals surface area contributed by atoms with Crippen LogP contribution in [0.15, 0.2) is 0 Å². The van der Waals surface area contributed by atoms with E-state index in [2.05, 4.69) is 43.2 Å². The first-order valence-electron chi connectivity index (χ1n) is 8.76. The third-order valence-corrected chi connectivity index (χ3v) is 5.38. The molecule has 0 saturated carbocycles. The molecule has 0 aromatic carbocycles. The summed E-state index contributed by atoms with van der Waals surface area (Å²) in [6, 6.07) is 1.09. The molecule has 0 bridgehead atoms. The van der Waals surface area contributed by atoms with Crippen molar-refractivity contribution < 1.29 is 4.79 Å². The van der Waals surface area contributed by atoms with Gasteiger partial charge in [-0.3, -0.25) is 9.69 Å². The maximum absolute atomic E-state index is 12.6. The Kier molecular flexibility index (Phi) is 5.67. The molecule has 3 atom stereocenters. The Morgan fingerprint density at radius 3 is 2.71 bits per heavy atom. The second-order valence-electron chi connectivity index (χ2n) is 7.41. The predicted octanol–water partition coefficient (Wildman–Crippen LogP) is 2.29. The van der Waals surface area contributed by atoms with E-state index in [-0.39, 0.29) is 17.5 Å². The number of piperidine rings is 1. The third kappa shape index (κ3) is 4.19. The first kappa shape index (κ1) is 16.8. The smallest absolute Gasteiger partial charge is 0.237 e. The van der Waals surface area contributed by atoms with Crippen LogP contribution in [0, 0.1) is 0 Å². The lowest BCUT2D eigenvalue weighted by Gasteiger charge is -2.43. The zero-order valence-electron chi connectivity index (χ0n) is 14.2. The van der Waals surface area contributed by atoms with Crippen LogP contribution in [0.2, 0.25) is 0 Å². The fraction of sp³-hybridized carbons (Fsp3) is 0.941. The standard InChI is InChI=1S/C17H33N3O/c1-5-17(3,4)19-16(21)13(2)20-12-7-6-10-15(20)14-9-8-11-18-14/h13-15,18H,5-12H2,1-4H3,(H,19,21). The first-order chi connectivity index (χ1) is 9.94. The van der Waals surface area contributed by atoms with Crippen LogP contribution in [0.5, 0.6) is 0 Å². The molecule has 2 rings (SSSR count). The fourth-order valence-corrected chi connectivity index (χ4v) is 3.61. The average Bonchev–Trinajstić information content (AvgIpc) is 3.00. The normalized spacial score (nSPS) is 29.3. The molecule has 4 nitrogen and oxygen atoms in total. The van der Waals surface area contributed by atoms with Crippen molar-refractivity contribution in [2.24, 2.45) is 0 Å². The molecule has 2 aliphatic heterocycles. The first-order valence-corrected chi connectivity index (χ1v) is 8.76. The summed E-state index contributed by atoms with van der Waals surface area (Å²) < 4.78 is 0. The molecular formula is C17H33N3O. The van der Waals surface area contributed by atoms with E-state index in [4.69, 9.17) is 0 Å². The number of nitrogens with one attached hydrogen (secondary N) is 2. The van der Waals surface area contributed by atoms with E-state index in [1.165, 1.54) is 32.1 Å². The number of nitrogens with zero attached hydrogens (tertiary/aromatic N) is 1. The van der Waals surface area contributed by atoms with Gasteiger partial charge in [-0.25, -0.2) is 0 Å². The summed E-state index contributed by atoms with van der Waals surface area (Å²) in [6.07, 6.45) is 7.24. The van der Waals surface area contributed by atoms with Crippen molar-refractivity contribution in [1.82, 2.24) is 15.5 Å². The summed E-state index contributed by atoms with van der Waals surface area (Å²) in [5.74, 6) is 0.187. The molecule has 122 valence electrons. The molecule has 2 N–H and O–H groups in total. The zero-order chi connectivity index (χ0) is 15.5.